The van der Waals surface area contributed by atoms with Gasteiger partial charge in [0.1, 0.15) is 10.0 Å². The molecule has 1 N–H and O–H groups in total. The van der Waals surface area contributed by atoms with Crippen LogP contribution in [0.1, 0.15) is 11.9 Å². The highest BCUT2D eigenvalue weighted by Gasteiger charge is 2.05. The lowest BCUT2D eigenvalue weighted by molar-refractivity contribution is 0.715. The van der Waals surface area contributed by atoms with Gasteiger partial charge in [-0.05, 0) is 18.7 Å². The fourth-order valence-corrected chi connectivity index (χ4v) is 1.96. The summed E-state index contributed by atoms with van der Waals surface area (Å²) in [4.78, 5) is 4.06. The van der Waals surface area contributed by atoms with Crippen LogP contribution >= 0.6 is 11.3 Å². The van der Waals surface area contributed by atoms with Crippen molar-refractivity contribution >= 4 is 11.3 Å². The van der Waals surface area contributed by atoms with Crippen LogP contribution in [0.4, 0.5) is 0 Å². The van der Waals surface area contributed by atoms with E-state index >= 15 is 0 Å². The summed E-state index contributed by atoms with van der Waals surface area (Å²) >= 11 is 1.60. The van der Waals surface area contributed by atoms with E-state index in [4.69, 9.17) is 0 Å². The lowest BCUT2D eigenvalue weighted by Crippen LogP contribution is -2.11. The average Bonchev–Trinajstić information content (AvgIpc) is 2.76. The van der Waals surface area contributed by atoms with Crippen molar-refractivity contribution in [1.82, 2.24) is 20.5 Å². The third-order valence-corrected chi connectivity index (χ3v) is 2.87. The normalized spacial score (nSPS) is 10.5. The summed E-state index contributed by atoms with van der Waals surface area (Å²) in [6.07, 6.45) is 3.56. The molecule has 0 aliphatic carbocycles. The van der Waals surface area contributed by atoms with E-state index in [1.54, 1.807) is 23.7 Å². The molecule has 0 unspecified atom stereocenters. The molecule has 0 saturated carbocycles. The Morgan fingerprint density at radius 1 is 1.40 bits per heavy atom. The van der Waals surface area contributed by atoms with Gasteiger partial charge in [0.05, 0.1) is 0 Å². The number of nitrogens with zero attached hydrogens (tertiary/aromatic N) is 3. The molecular formula is C10H12N4S. The maximum Gasteiger partial charge on any atom is 0.149 e. The zero-order chi connectivity index (χ0) is 10.5. The molecule has 0 aromatic carbocycles. The summed E-state index contributed by atoms with van der Waals surface area (Å²) in [6, 6.07) is 3.89. The largest absolute Gasteiger partial charge is 0.311 e. The molecule has 78 valence electrons. The highest BCUT2D eigenvalue weighted by Crippen LogP contribution is 2.21. The Kier molecular flexibility index (Phi) is 3.37. The smallest absolute Gasteiger partial charge is 0.149 e. The van der Waals surface area contributed by atoms with Crippen molar-refractivity contribution in [1.29, 1.82) is 0 Å². The quantitative estimate of drug-likeness (QED) is 0.852. The highest BCUT2D eigenvalue weighted by atomic mass is 32.1. The SMILES string of the molecule is CCNCc1nnc(-c2cccnc2)s1. The number of nitrogens with one attached hydrogen (secondary N) is 1. The van der Waals surface area contributed by atoms with Crippen LogP contribution in [0.25, 0.3) is 10.6 Å². The van der Waals surface area contributed by atoms with Crippen molar-refractivity contribution in [3.05, 3.63) is 29.5 Å². The lowest BCUT2D eigenvalue weighted by Gasteiger charge is -1.93. The zero-order valence-corrected chi connectivity index (χ0v) is 9.29. The van der Waals surface area contributed by atoms with Crippen LogP contribution in [-0.2, 0) is 6.54 Å². The van der Waals surface area contributed by atoms with E-state index in [9.17, 15) is 0 Å². The van der Waals surface area contributed by atoms with Crippen LogP contribution in [0.2, 0.25) is 0 Å². The predicted molar refractivity (Wildman–Crippen MR) is 60.5 cm³/mol. The number of pyridine rings is 1. The van der Waals surface area contributed by atoms with Gasteiger partial charge in [-0.15, -0.1) is 10.2 Å². The van der Waals surface area contributed by atoms with Crippen LogP contribution in [-0.4, -0.2) is 21.7 Å². The molecule has 2 rings (SSSR count). The van der Waals surface area contributed by atoms with Gasteiger partial charge in [-0.25, -0.2) is 0 Å². The first-order chi connectivity index (χ1) is 7.40. The van der Waals surface area contributed by atoms with Gasteiger partial charge in [0.2, 0.25) is 0 Å². The minimum Gasteiger partial charge on any atom is -0.311 e. The number of rotatable bonds is 4. The Morgan fingerprint density at radius 2 is 2.33 bits per heavy atom. The molecule has 0 bridgehead atoms. The molecule has 2 aromatic heterocycles. The number of hydrogen-bond acceptors (Lipinski definition) is 5. The molecule has 0 atom stereocenters. The van der Waals surface area contributed by atoms with Gasteiger partial charge < -0.3 is 5.32 Å². The van der Waals surface area contributed by atoms with Crippen molar-refractivity contribution in [3.8, 4) is 10.6 Å². The first-order valence-corrected chi connectivity index (χ1v) is 5.65. The van der Waals surface area contributed by atoms with Crippen LogP contribution in [0.3, 0.4) is 0 Å². The van der Waals surface area contributed by atoms with Gasteiger partial charge in [-0.1, -0.05) is 18.3 Å². The second-order valence-corrected chi connectivity index (χ2v) is 4.09. The molecule has 0 spiro atoms. The van der Waals surface area contributed by atoms with E-state index in [-0.39, 0.29) is 0 Å². The molecule has 0 fully saturated rings. The molecular weight excluding hydrogens is 208 g/mol. The third-order valence-electron chi connectivity index (χ3n) is 1.90. The van der Waals surface area contributed by atoms with Crippen molar-refractivity contribution in [2.45, 2.75) is 13.5 Å². The summed E-state index contributed by atoms with van der Waals surface area (Å²) in [5.74, 6) is 0. The lowest BCUT2D eigenvalue weighted by atomic mass is 10.3. The molecule has 2 aromatic rings. The van der Waals surface area contributed by atoms with E-state index in [2.05, 4.69) is 27.4 Å². The third kappa shape index (κ3) is 2.57. The van der Waals surface area contributed by atoms with Gasteiger partial charge in [0, 0.05) is 24.5 Å². The van der Waals surface area contributed by atoms with E-state index in [1.165, 1.54) is 0 Å². The summed E-state index contributed by atoms with van der Waals surface area (Å²) in [6.45, 7) is 3.80. The number of hydrogen-bond donors (Lipinski definition) is 1. The van der Waals surface area contributed by atoms with Gasteiger partial charge in [-0.2, -0.15) is 0 Å². The fraction of sp³-hybridized carbons (Fsp3) is 0.300. The fourth-order valence-electron chi connectivity index (χ4n) is 1.16. The maximum absolute atomic E-state index is 4.13. The highest BCUT2D eigenvalue weighted by molar-refractivity contribution is 7.14. The predicted octanol–water partition coefficient (Wildman–Crippen LogP) is 1.71. The Bertz CT molecular complexity index is 412. The first kappa shape index (κ1) is 10.2. The minimum atomic E-state index is 0.786. The molecule has 0 radical (unpaired) electrons. The second-order valence-electron chi connectivity index (χ2n) is 3.02. The summed E-state index contributed by atoms with van der Waals surface area (Å²) in [5, 5.41) is 13.4. The summed E-state index contributed by atoms with van der Waals surface area (Å²) in [7, 11) is 0. The second kappa shape index (κ2) is 4.95. The Balaban J connectivity index is 2.14. The Hall–Kier alpha value is -1.33. The Morgan fingerprint density at radius 3 is 3.07 bits per heavy atom. The summed E-state index contributed by atoms with van der Waals surface area (Å²) in [5.41, 5.74) is 1.03. The van der Waals surface area contributed by atoms with E-state index in [1.807, 2.05) is 12.1 Å². The molecule has 0 amide bonds. The van der Waals surface area contributed by atoms with E-state index in [0.29, 0.717) is 0 Å². The van der Waals surface area contributed by atoms with Crippen molar-refractivity contribution in [2.24, 2.45) is 0 Å². The molecule has 2 heterocycles. The summed E-state index contributed by atoms with van der Waals surface area (Å²) < 4.78 is 0. The van der Waals surface area contributed by atoms with Crippen molar-refractivity contribution in [2.75, 3.05) is 6.54 Å². The van der Waals surface area contributed by atoms with Crippen LogP contribution in [0.15, 0.2) is 24.5 Å². The van der Waals surface area contributed by atoms with Gasteiger partial charge in [0.25, 0.3) is 0 Å². The monoisotopic (exact) mass is 220 g/mol. The van der Waals surface area contributed by atoms with Crippen molar-refractivity contribution < 1.29 is 0 Å². The van der Waals surface area contributed by atoms with Crippen LogP contribution in [0.5, 0.6) is 0 Å². The maximum atomic E-state index is 4.13. The topological polar surface area (TPSA) is 50.7 Å². The zero-order valence-electron chi connectivity index (χ0n) is 8.47. The number of aromatic nitrogens is 3. The molecule has 5 heteroatoms. The van der Waals surface area contributed by atoms with Gasteiger partial charge >= 0.3 is 0 Å². The Labute approximate surface area is 92.4 Å². The minimum absolute atomic E-state index is 0.786. The molecule has 15 heavy (non-hydrogen) atoms. The average molecular weight is 220 g/mol. The van der Waals surface area contributed by atoms with Crippen LogP contribution < -0.4 is 5.32 Å². The molecule has 0 aliphatic rings. The first-order valence-electron chi connectivity index (χ1n) is 4.83. The standard InChI is InChI=1S/C10H12N4S/c1-2-11-7-9-13-14-10(15-9)8-4-3-5-12-6-8/h3-6,11H,2,7H2,1H3. The van der Waals surface area contributed by atoms with Crippen molar-refractivity contribution in [3.63, 3.8) is 0 Å². The van der Waals surface area contributed by atoms with Gasteiger partial charge in [-0.3, -0.25) is 4.98 Å². The molecule has 0 saturated heterocycles. The molecule has 0 aliphatic heterocycles. The van der Waals surface area contributed by atoms with Gasteiger partial charge in [0.15, 0.2) is 0 Å². The van der Waals surface area contributed by atoms with E-state index in [0.717, 1.165) is 28.7 Å². The van der Waals surface area contributed by atoms with Crippen LogP contribution in [0, 0.1) is 0 Å². The molecule has 4 nitrogen and oxygen atoms in total. The van der Waals surface area contributed by atoms with E-state index < -0.39 is 0 Å².